The van der Waals surface area contributed by atoms with E-state index >= 15 is 0 Å². The lowest BCUT2D eigenvalue weighted by Gasteiger charge is -2.38. The first-order valence-electron chi connectivity index (χ1n) is 5.14. The minimum atomic E-state index is -0.0507. The van der Waals surface area contributed by atoms with Crippen LogP contribution in [0.2, 0.25) is 0 Å². The van der Waals surface area contributed by atoms with Crippen LogP contribution in [0.1, 0.15) is 24.3 Å². The maximum atomic E-state index is 12.1. The molecule has 0 aliphatic carbocycles. The van der Waals surface area contributed by atoms with Crippen LogP contribution in [0.4, 0.5) is 0 Å². The van der Waals surface area contributed by atoms with Gasteiger partial charge in [-0.1, -0.05) is 5.16 Å². The number of carbonyl (C=O) groups is 1. The van der Waals surface area contributed by atoms with Crippen molar-refractivity contribution in [2.24, 2.45) is 0 Å². The molecule has 1 saturated heterocycles. The summed E-state index contributed by atoms with van der Waals surface area (Å²) in [6.07, 6.45) is 1.42. The molecule has 1 aromatic heterocycles. The van der Waals surface area contributed by atoms with Crippen LogP contribution in [0, 0.1) is 0 Å². The fourth-order valence-corrected chi connectivity index (χ4v) is 1.99. The van der Waals surface area contributed by atoms with E-state index in [0.29, 0.717) is 5.69 Å². The largest absolute Gasteiger partial charge is 0.364 e. The van der Waals surface area contributed by atoms with Crippen LogP contribution in [-0.2, 0) is 0 Å². The van der Waals surface area contributed by atoms with Crippen molar-refractivity contribution in [1.82, 2.24) is 15.4 Å². The van der Waals surface area contributed by atoms with Gasteiger partial charge in [-0.05, 0) is 13.8 Å². The second kappa shape index (κ2) is 4.02. The molecule has 0 radical (unpaired) electrons. The third-order valence-electron chi connectivity index (χ3n) is 2.72. The summed E-state index contributed by atoms with van der Waals surface area (Å²) in [5.41, 5.74) is 0.385. The van der Waals surface area contributed by atoms with Crippen LogP contribution in [0.5, 0.6) is 0 Å². The first kappa shape index (κ1) is 10.2. The number of hydrogen-bond donors (Lipinski definition) is 1. The molecule has 5 nitrogen and oxygen atoms in total. The highest BCUT2D eigenvalue weighted by atomic mass is 16.5. The van der Waals surface area contributed by atoms with E-state index in [-0.39, 0.29) is 18.0 Å². The third kappa shape index (κ3) is 1.87. The molecule has 1 aliphatic rings. The van der Waals surface area contributed by atoms with Gasteiger partial charge >= 0.3 is 0 Å². The number of hydrogen-bond acceptors (Lipinski definition) is 4. The second-order valence-corrected chi connectivity index (χ2v) is 3.95. The zero-order valence-corrected chi connectivity index (χ0v) is 8.93. The van der Waals surface area contributed by atoms with E-state index in [2.05, 4.69) is 15.0 Å². The Bertz CT molecular complexity index is 326. The SMILES string of the molecule is CC1CNCC(C)N1C(=O)c1ccon1. The minimum absolute atomic E-state index is 0.0507. The van der Waals surface area contributed by atoms with Crippen molar-refractivity contribution in [1.29, 1.82) is 0 Å². The molecule has 15 heavy (non-hydrogen) atoms. The van der Waals surface area contributed by atoms with E-state index < -0.39 is 0 Å². The normalized spacial score (nSPS) is 26.7. The van der Waals surface area contributed by atoms with Gasteiger partial charge in [0.25, 0.3) is 5.91 Å². The Balaban J connectivity index is 2.17. The van der Waals surface area contributed by atoms with Crippen LogP contribution in [-0.4, -0.2) is 41.1 Å². The fraction of sp³-hybridized carbons (Fsp3) is 0.600. The number of amides is 1. The van der Waals surface area contributed by atoms with Gasteiger partial charge in [-0.2, -0.15) is 0 Å². The summed E-state index contributed by atoms with van der Waals surface area (Å²) < 4.78 is 4.68. The fourth-order valence-electron chi connectivity index (χ4n) is 1.99. The van der Waals surface area contributed by atoms with Gasteiger partial charge in [0.2, 0.25) is 0 Å². The molecule has 1 aromatic rings. The van der Waals surface area contributed by atoms with Crippen molar-refractivity contribution in [2.75, 3.05) is 13.1 Å². The molecule has 2 rings (SSSR count). The van der Waals surface area contributed by atoms with Gasteiger partial charge in [-0.25, -0.2) is 0 Å². The molecule has 0 aromatic carbocycles. The predicted molar refractivity (Wildman–Crippen MR) is 54.5 cm³/mol. The summed E-state index contributed by atoms with van der Waals surface area (Å²) in [4.78, 5) is 13.9. The van der Waals surface area contributed by atoms with Crippen molar-refractivity contribution in [2.45, 2.75) is 25.9 Å². The van der Waals surface area contributed by atoms with Crippen LogP contribution < -0.4 is 5.32 Å². The zero-order chi connectivity index (χ0) is 10.8. The lowest BCUT2D eigenvalue weighted by Crippen LogP contribution is -2.57. The highest BCUT2D eigenvalue weighted by molar-refractivity contribution is 5.92. The van der Waals surface area contributed by atoms with E-state index in [0.717, 1.165) is 13.1 Å². The van der Waals surface area contributed by atoms with Crippen LogP contribution in [0.3, 0.4) is 0 Å². The van der Waals surface area contributed by atoms with Crippen molar-refractivity contribution in [3.05, 3.63) is 18.0 Å². The van der Waals surface area contributed by atoms with Crippen LogP contribution >= 0.6 is 0 Å². The Morgan fingerprint density at radius 2 is 2.20 bits per heavy atom. The van der Waals surface area contributed by atoms with Gasteiger partial charge in [0.15, 0.2) is 5.69 Å². The molecule has 1 amide bonds. The Kier molecular flexibility index (Phi) is 2.73. The molecule has 2 heterocycles. The third-order valence-corrected chi connectivity index (χ3v) is 2.72. The van der Waals surface area contributed by atoms with E-state index in [4.69, 9.17) is 0 Å². The number of nitrogens with one attached hydrogen (secondary N) is 1. The van der Waals surface area contributed by atoms with E-state index in [9.17, 15) is 4.79 Å². The molecule has 5 heteroatoms. The molecule has 0 spiro atoms. The van der Waals surface area contributed by atoms with E-state index in [1.807, 2.05) is 18.7 Å². The summed E-state index contributed by atoms with van der Waals surface area (Å²) >= 11 is 0. The standard InChI is InChI=1S/C10H15N3O2/c1-7-5-11-6-8(2)13(7)10(14)9-3-4-15-12-9/h3-4,7-8,11H,5-6H2,1-2H3. The maximum absolute atomic E-state index is 12.1. The summed E-state index contributed by atoms with van der Waals surface area (Å²) in [5.74, 6) is -0.0507. The highest BCUT2D eigenvalue weighted by Gasteiger charge is 2.30. The molecule has 1 N–H and O–H groups in total. The van der Waals surface area contributed by atoms with Crippen LogP contribution in [0.25, 0.3) is 0 Å². The molecular formula is C10H15N3O2. The van der Waals surface area contributed by atoms with Gasteiger partial charge in [0, 0.05) is 31.2 Å². The monoisotopic (exact) mass is 209 g/mol. The first-order chi connectivity index (χ1) is 7.20. The van der Waals surface area contributed by atoms with Gasteiger partial charge < -0.3 is 14.7 Å². The topological polar surface area (TPSA) is 58.4 Å². The summed E-state index contributed by atoms with van der Waals surface area (Å²) in [7, 11) is 0. The van der Waals surface area contributed by atoms with Crippen molar-refractivity contribution < 1.29 is 9.32 Å². The average molecular weight is 209 g/mol. The Morgan fingerprint density at radius 3 is 2.73 bits per heavy atom. The maximum Gasteiger partial charge on any atom is 0.276 e. The van der Waals surface area contributed by atoms with Crippen molar-refractivity contribution in [3.63, 3.8) is 0 Å². The second-order valence-electron chi connectivity index (χ2n) is 3.95. The van der Waals surface area contributed by atoms with Gasteiger partial charge in [-0.15, -0.1) is 0 Å². The lowest BCUT2D eigenvalue weighted by molar-refractivity contribution is 0.0534. The molecule has 2 unspecified atom stereocenters. The zero-order valence-electron chi connectivity index (χ0n) is 8.93. The number of carbonyl (C=O) groups excluding carboxylic acids is 1. The molecule has 0 bridgehead atoms. The Hall–Kier alpha value is -1.36. The number of aromatic nitrogens is 1. The number of piperazine rings is 1. The molecule has 2 atom stereocenters. The van der Waals surface area contributed by atoms with Gasteiger partial charge in [0.05, 0.1) is 0 Å². The van der Waals surface area contributed by atoms with E-state index in [1.165, 1.54) is 6.26 Å². The Morgan fingerprint density at radius 1 is 1.53 bits per heavy atom. The molecule has 82 valence electrons. The predicted octanol–water partition coefficient (Wildman–Crippen LogP) is 0.497. The quantitative estimate of drug-likeness (QED) is 0.731. The molecule has 0 saturated carbocycles. The minimum Gasteiger partial charge on any atom is -0.364 e. The number of rotatable bonds is 1. The summed E-state index contributed by atoms with van der Waals surface area (Å²) in [5, 5.41) is 6.95. The highest BCUT2D eigenvalue weighted by Crippen LogP contribution is 2.13. The number of nitrogens with zero attached hydrogens (tertiary/aromatic N) is 2. The van der Waals surface area contributed by atoms with Crippen LogP contribution in [0.15, 0.2) is 16.9 Å². The summed E-state index contributed by atoms with van der Waals surface area (Å²) in [6, 6.07) is 1.99. The molecular weight excluding hydrogens is 194 g/mol. The van der Waals surface area contributed by atoms with Crippen molar-refractivity contribution >= 4 is 5.91 Å². The van der Waals surface area contributed by atoms with Gasteiger partial charge in [0.1, 0.15) is 6.26 Å². The first-order valence-corrected chi connectivity index (χ1v) is 5.14. The smallest absolute Gasteiger partial charge is 0.276 e. The Labute approximate surface area is 88.4 Å². The van der Waals surface area contributed by atoms with Crippen molar-refractivity contribution in [3.8, 4) is 0 Å². The molecule has 1 aliphatic heterocycles. The average Bonchev–Trinajstić information content (AvgIpc) is 2.69. The summed E-state index contributed by atoms with van der Waals surface area (Å²) in [6.45, 7) is 5.71. The lowest BCUT2D eigenvalue weighted by atomic mass is 10.1. The van der Waals surface area contributed by atoms with Gasteiger partial charge in [-0.3, -0.25) is 4.79 Å². The van der Waals surface area contributed by atoms with E-state index in [1.54, 1.807) is 6.07 Å². The molecule has 1 fully saturated rings.